The molecule has 166 valence electrons. The Hall–Kier alpha value is -3.47. The van der Waals surface area contributed by atoms with Crippen LogP contribution in [-0.2, 0) is 6.42 Å². The highest BCUT2D eigenvalue weighted by atomic mass is 16.5. The lowest BCUT2D eigenvalue weighted by Gasteiger charge is -2.22. The minimum atomic E-state index is -1.06. The standard InChI is InChI=1S/C27H29NO4/c1-31-25-15-14-21(18-26(25)32-23-12-5-6-13-23)24(20-9-3-2-4-10-20)17-19-8-7-11-22(16-19)28-27(29)30/h2-4,7-11,14-16,18,23-24,28H,5-6,12-13,17H2,1H3,(H,29,30). The first-order chi connectivity index (χ1) is 15.6. The van der Waals surface area contributed by atoms with Crippen molar-refractivity contribution >= 4 is 11.8 Å². The molecule has 1 amide bonds. The van der Waals surface area contributed by atoms with Crippen molar-refractivity contribution < 1.29 is 19.4 Å². The van der Waals surface area contributed by atoms with Crippen LogP contribution in [0.2, 0.25) is 0 Å². The van der Waals surface area contributed by atoms with Gasteiger partial charge in [-0.2, -0.15) is 0 Å². The minimum absolute atomic E-state index is 0.0908. The molecule has 1 fully saturated rings. The van der Waals surface area contributed by atoms with Gasteiger partial charge in [-0.05, 0) is 73.1 Å². The first-order valence-corrected chi connectivity index (χ1v) is 11.1. The van der Waals surface area contributed by atoms with E-state index in [9.17, 15) is 4.79 Å². The maximum Gasteiger partial charge on any atom is 0.409 e. The van der Waals surface area contributed by atoms with Crippen LogP contribution in [0.15, 0.2) is 72.8 Å². The Morgan fingerprint density at radius 1 is 0.969 bits per heavy atom. The van der Waals surface area contributed by atoms with E-state index in [2.05, 4.69) is 29.6 Å². The van der Waals surface area contributed by atoms with Crippen molar-refractivity contribution in [3.63, 3.8) is 0 Å². The summed E-state index contributed by atoms with van der Waals surface area (Å²) in [5.41, 5.74) is 3.96. The molecular formula is C27H29NO4. The van der Waals surface area contributed by atoms with E-state index in [-0.39, 0.29) is 12.0 Å². The molecule has 5 nitrogen and oxygen atoms in total. The summed E-state index contributed by atoms with van der Waals surface area (Å²) >= 11 is 0. The molecule has 0 bridgehead atoms. The summed E-state index contributed by atoms with van der Waals surface area (Å²) in [4.78, 5) is 11.0. The molecule has 0 spiro atoms. The first-order valence-electron chi connectivity index (χ1n) is 11.1. The molecule has 1 aliphatic carbocycles. The molecule has 1 atom stereocenters. The van der Waals surface area contributed by atoms with Gasteiger partial charge in [0.25, 0.3) is 0 Å². The zero-order valence-corrected chi connectivity index (χ0v) is 18.3. The second-order valence-electron chi connectivity index (χ2n) is 8.23. The minimum Gasteiger partial charge on any atom is -0.493 e. The van der Waals surface area contributed by atoms with Crippen LogP contribution in [0.3, 0.4) is 0 Å². The smallest absolute Gasteiger partial charge is 0.409 e. The number of methoxy groups -OCH3 is 1. The van der Waals surface area contributed by atoms with Crippen molar-refractivity contribution in [2.75, 3.05) is 12.4 Å². The van der Waals surface area contributed by atoms with Crippen LogP contribution < -0.4 is 14.8 Å². The third-order valence-electron chi connectivity index (χ3n) is 6.01. The van der Waals surface area contributed by atoms with Crippen LogP contribution >= 0.6 is 0 Å². The molecule has 32 heavy (non-hydrogen) atoms. The zero-order valence-electron chi connectivity index (χ0n) is 18.3. The topological polar surface area (TPSA) is 67.8 Å². The van der Waals surface area contributed by atoms with E-state index in [4.69, 9.17) is 14.6 Å². The van der Waals surface area contributed by atoms with Crippen LogP contribution in [0.5, 0.6) is 11.5 Å². The summed E-state index contributed by atoms with van der Waals surface area (Å²) < 4.78 is 11.9. The number of hydrogen-bond acceptors (Lipinski definition) is 3. The van der Waals surface area contributed by atoms with Gasteiger partial charge in [-0.15, -0.1) is 0 Å². The Kier molecular flexibility index (Phi) is 6.95. The van der Waals surface area contributed by atoms with E-state index in [1.165, 1.54) is 18.4 Å². The van der Waals surface area contributed by atoms with Gasteiger partial charge in [-0.3, -0.25) is 5.32 Å². The molecule has 1 saturated carbocycles. The van der Waals surface area contributed by atoms with Crippen LogP contribution in [0, 0.1) is 0 Å². The van der Waals surface area contributed by atoms with E-state index in [1.54, 1.807) is 13.2 Å². The highest BCUT2D eigenvalue weighted by Crippen LogP contribution is 2.37. The number of ether oxygens (including phenoxy) is 2. The third-order valence-corrected chi connectivity index (χ3v) is 6.01. The normalized spacial score (nSPS) is 14.7. The van der Waals surface area contributed by atoms with Gasteiger partial charge in [0.15, 0.2) is 11.5 Å². The monoisotopic (exact) mass is 431 g/mol. The second kappa shape index (κ2) is 10.2. The number of carbonyl (C=O) groups is 1. The summed E-state index contributed by atoms with van der Waals surface area (Å²) in [6, 6.07) is 24.1. The second-order valence-corrected chi connectivity index (χ2v) is 8.23. The lowest BCUT2D eigenvalue weighted by Crippen LogP contribution is -2.13. The number of hydrogen-bond donors (Lipinski definition) is 2. The van der Waals surface area contributed by atoms with E-state index in [1.807, 2.05) is 42.5 Å². The van der Waals surface area contributed by atoms with Gasteiger partial charge >= 0.3 is 6.09 Å². The fraction of sp³-hybridized carbons (Fsp3) is 0.296. The zero-order chi connectivity index (χ0) is 22.3. The Bertz CT molecular complexity index is 1040. The molecule has 0 radical (unpaired) electrons. The van der Waals surface area contributed by atoms with Crippen molar-refractivity contribution in [2.45, 2.75) is 44.1 Å². The number of amides is 1. The fourth-order valence-electron chi connectivity index (χ4n) is 4.44. The molecule has 3 aromatic rings. The van der Waals surface area contributed by atoms with Crippen LogP contribution in [0.4, 0.5) is 10.5 Å². The molecule has 0 heterocycles. The van der Waals surface area contributed by atoms with Gasteiger partial charge in [0.1, 0.15) is 0 Å². The number of benzene rings is 3. The fourth-order valence-corrected chi connectivity index (χ4v) is 4.44. The Balaban J connectivity index is 1.67. The van der Waals surface area contributed by atoms with Gasteiger partial charge in [0, 0.05) is 11.6 Å². The van der Waals surface area contributed by atoms with Crippen LogP contribution in [0.25, 0.3) is 0 Å². The molecule has 0 aliphatic heterocycles. The average molecular weight is 432 g/mol. The van der Waals surface area contributed by atoms with Gasteiger partial charge in [-0.1, -0.05) is 48.5 Å². The van der Waals surface area contributed by atoms with E-state index >= 15 is 0 Å². The lowest BCUT2D eigenvalue weighted by atomic mass is 9.85. The Labute approximate surface area is 189 Å². The first kappa shape index (κ1) is 21.8. The van der Waals surface area contributed by atoms with Gasteiger partial charge < -0.3 is 14.6 Å². The molecule has 0 saturated heterocycles. The molecule has 5 heteroatoms. The largest absolute Gasteiger partial charge is 0.493 e. The van der Waals surface area contributed by atoms with Crippen LogP contribution in [0.1, 0.15) is 48.3 Å². The maximum atomic E-state index is 11.0. The predicted octanol–water partition coefficient (Wildman–Crippen LogP) is 6.48. The lowest BCUT2D eigenvalue weighted by molar-refractivity contribution is 0.200. The van der Waals surface area contributed by atoms with Gasteiger partial charge in [0.05, 0.1) is 13.2 Å². The summed E-state index contributed by atoms with van der Waals surface area (Å²) in [6.45, 7) is 0. The summed E-state index contributed by atoms with van der Waals surface area (Å²) in [7, 11) is 1.67. The highest BCUT2D eigenvalue weighted by Gasteiger charge is 2.21. The van der Waals surface area contributed by atoms with Gasteiger partial charge in [0.2, 0.25) is 0 Å². The van der Waals surface area contributed by atoms with E-state index in [0.29, 0.717) is 5.69 Å². The van der Waals surface area contributed by atoms with Crippen molar-refractivity contribution in [2.24, 2.45) is 0 Å². The van der Waals surface area contributed by atoms with Crippen molar-refractivity contribution in [3.8, 4) is 11.5 Å². The quantitative estimate of drug-likeness (QED) is 0.428. The summed E-state index contributed by atoms with van der Waals surface area (Å²) in [5, 5.41) is 11.5. The van der Waals surface area contributed by atoms with E-state index < -0.39 is 6.09 Å². The molecule has 1 unspecified atom stereocenters. The Morgan fingerprint density at radius 3 is 2.47 bits per heavy atom. The van der Waals surface area contributed by atoms with Gasteiger partial charge in [-0.25, -0.2) is 4.79 Å². The number of rotatable bonds is 8. The van der Waals surface area contributed by atoms with Crippen molar-refractivity contribution in [1.29, 1.82) is 0 Å². The highest BCUT2D eigenvalue weighted by molar-refractivity contribution is 5.82. The van der Waals surface area contributed by atoms with Crippen LogP contribution in [-0.4, -0.2) is 24.4 Å². The number of carboxylic acid groups (broad SMARTS) is 1. The summed E-state index contributed by atoms with van der Waals surface area (Å²) in [5.74, 6) is 1.63. The number of anilines is 1. The molecule has 2 N–H and O–H groups in total. The van der Waals surface area contributed by atoms with Crippen molar-refractivity contribution in [3.05, 3.63) is 89.5 Å². The molecular weight excluding hydrogens is 402 g/mol. The Morgan fingerprint density at radius 2 is 1.75 bits per heavy atom. The molecule has 0 aromatic heterocycles. The molecule has 3 aromatic carbocycles. The maximum absolute atomic E-state index is 11.0. The predicted molar refractivity (Wildman–Crippen MR) is 126 cm³/mol. The third kappa shape index (κ3) is 5.41. The van der Waals surface area contributed by atoms with E-state index in [0.717, 1.165) is 41.9 Å². The average Bonchev–Trinajstić information content (AvgIpc) is 3.31. The van der Waals surface area contributed by atoms with Crippen molar-refractivity contribution in [1.82, 2.24) is 0 Å². The SMILES string of the molecule is COc1ccc(C(Cc2cccc(NC(=O)O)c2)c2ccccc2)cc1OC1CCCC1. The molecule has 1 aliphatic rings. The molecule has 4 rings (SSSR count). The number of nitrogens with one attached hydrogen (secondary N) is 1. The summed E-state index contributed by atoms with van der Waals surface area (Å²) in [6.07, 6.45) is 4.49.